The van der Waals surface area contributed by atoms with Crippen LogP contribution < -0.4 is 10.3 Å². The van der Waals surface area contributed by atoms with Crippen molar-refractivity contribution in [2.24, 2.45) is 0 Å². The summed E-state index contributed by atoms with van der Waals surface area (Å²) in [6.07, 6.45) is 0. The summed E-state index contributed by atoms with van der Waals surface area (Å²) in [5.41, 5.74) is 2.87. The van der Waals surface area contributed by atoms with Gasteiger partial charge in [-0.05, 0) is 19.1 Å². The normalized spacial score (nSPS) is 10.4. The summed E-state index contributed by atoms with van der Waals surface area (Å²) in [4.78, 5) is 34.2. The highest BCUT2D eigenvalue weighted by Crippen LogP contribution is 2.21. The minimum absolute atomic E-state index is 0.229. The van der Waals surface area contributed by atoms with Gasteiger partial charge in [0.15, 0.2) is 5.69 Å². The van der Waals surface area contributed by atoms with Crippen molar-refractivity contribution >= 4 is 17.3 Å². The Kier molecular flexibility index (Phi) is 3.80. The van der Waals surface area contributed by atoms with E-state index in [4.69, 9.17) is 4.74 Å². The van der Waals surface area contributed by atoms with Crippen molar-refractivity contribution in [3.05, 3.63) is 63.0 Å². The molecule has 0 amide bonds. The molecule has 0 bridgehead atoms. The first-order valence-corrected chi connectivity index (χ1v) is 7.35. The van der Waals surface area contributed by atoms with Crippen LogP contribution in [0.15, 0.2) is 46.0 Å². The Bertz CT molecular complexity index is 872. The van der Waals surface area contributed by atoms with E-state index in [1.807, 2.05) is 0 Å². The molecule has 0 aliphatic rings. The summed E-state index contributed by atoms with van der Waals surface area (Å²) in [5.74, 6) is 0.264. The van der Waals surface area contributed by atoms with Gasteiger partial charge >= 0.3 is 5.97 Å². The molecular weight excluding hydrogens is 302 g/mol. The minimum atomic E-state index is -0.524. The topological polar surface area (TPSA) is 84.9 Å². The number of nitrogens with zero attached hydrogens (tertiary/aromatic N) is 2. The Hall–Kier alpha value is -2.80. The number of ether oxygens (including phenoxy) is 1. The van der Waals surface area contributed by atoms with E-state index >= 15 is 0 Å². The lowest BCUT2D eigenvalue weighted by Crippen LogP contribution is -2.10. The zero-order chi connectivity index (χ0) is 15.5. The molecule has 0 saturated carbocycles. The molecule has 1 N–H and O–H groups in total. The largest absolute Gasteiger partial charge is 0.422 e. The Morgan fingerprint density at radius 2 is 2.18 bits per heavy atom. The summed E-state index contributed by atoms with van der Waals surface area (Å²) >= 11 is 1.32. The van der Waals surface area contributed by atoms with Gasteiger partial charge in [-0.1, -0.05) is 12.1 Å². The molecule has 0 spiro atoms. The molecule has 7 heteroatoms. The number of thiazole rings is 1. The summed E-state index contributed by atoms with van der Waals surface area (Å²) in [5, 5.41) is 1.62. The highest BCUT2D eigenvalue weighted by Gasteiger charge is 2.11. The van der Waals surface area contributed by atoms with Crippen LogP contribution in [-0.4, -0.2) is 20.9 Å². The summed E-state index contributed by atoms with van der Waals surface area (Å²) < 4.78 is 5.27. The first kappa shape index (κ1) is 14.2. The molecule has 0 atom stereocenters. The zero-order valence-corrected chi connectivity index (χ0v) is 12.4. The quantitative estimate of drug-likeness (QED) is 0.593. The maximum absolute atomic E-state index is 11.9. The van der Waals surface area contributed by atoms with Gasteiger partial charge < -0.3 is 9.72 Å². The summed E-state index contributed by atoms with van der Waals surface area (Å²) in [6.45, 7) is 1.74. The van der Waals surface area contributed by atoms with Gasteiger partial charge in [-0.25, -0.2) is 14.8 Å². The van der Waals surface area contributed by atoms with Crippen LogP contribution in [-0.2, 0) is 0 Å². The van der Waals surface area contributed by atoms with Crippen molar-refractivity contribution in [2.45, 2.75) is 6.92 Å². The molecule has 0 radical (unpaired) electrons. The molecule has 2 heterocycles. The maximum atomic E-state index is 11.9. The van der Waals surface area contributed by atoms with Gasteiger partial charge in [-0.3, -0.25) is 4.79 Å². The number of H-pyrrole nitrogens is 1. The molecule has 1 aromatic carbocycles. The van der Waals surface area contributed by atoms with Crippen molar-refractivity contribution in [1.82, 2.24) is 15.0 Å². The van der Waals surface area contributed by atoms with Crippen LogP contribution in [0.3, 0.4) is 0 Å². The highest BCUT2D eigenvalue weighted by molar-refractivity contribution is 7.07. The van der Waals surface area contributed by atoms with Gasteiger partial charge in [0, 0.05) is 22.7 Å². The fourth-order valence-corrected chi connectivity index (χ4v) is 2.42. The minimum Gasteiger partial charge on any atom is -0.422 e. The van der Waals surface area contributed by atoms with Crippen LogP contribution in [0.4, 0.5) is 0 Å². The van der Waals surface area contributed by atoms with E-state index in [0.29, 0.717) is 22.8 Å². The molecule has 0 fully saturated rings. The van der Waals surface area contributed by atoms with E-state index in [1.165, 1.54) is 17.4 Å². The second-order valence-corrected chi connectivity index (χ2v) is 5.25. The number of rotatable bonds is 3. The summed E-state index contributed by atoms with van der Waals surface area (Å²) in [7, 11) is 0. The molecule has 3 rings (SSSR count). The first-order valence-electron chi connectivity index (χ1n) is 6.40. The number of carbonyl (C=O) groups is 1. The van der Waals surface area contributed by atoms with Gasteiger partial charge in [0.25, 0.3) is 5.56 Å². The van der Waals surface area contributed by atoms with Crippen LogP contribution in [0.2, 0.25) is 0 Å². The lowest BCUT2D eigenvalue weighted by molar-refractivity contribution is 0.0729. The van der Waals surface area contributed by atoms with Crippen molar-refractivity contribution in [3.63, 3.8) is 0 Å². The average Bonchev–Trinajstić information content (AvgIpc) is 3.01. The molecule has 6 nitrogen and oxygen atoms in total. The van der Waals surface area contributed by atoms with Crippen LogP contribution in [0.1, 0.15) is 16.2 Å². The van der Waals surface area contributed by atoms with Crippen LogP contribution in [0.5, 0.6) is 5.75 Å². The maximum Gasteiger partial charge on any atom is 0.363 e. The lowest BCUT2D eigenvalue weighted by atomic mass is 10.2. The fourth-order valence-electron chi connectivity index (χ4n) is 1.90. The molecule has 110 valence electrons. The Balaban J connectivity index is 1.89. The second kappa shape index (κ2) is 5.90. The molecule has 0 aliphatic carbocycles. The van der Waals surface area contributed by atoms with Crippen LogP contribution >= 0.6 is 11.3 Å². The molecular formula is C15H11N3O3S. The third kappa shape index (κ3) is 3.09. The van der Waals surface area contributed by atoms with E-state index in [2.05, 4.69) is 15.0 Å². The van der Waals surface area contributed by atoms with Gasteiger partial charge in [0.2, 0.25) is 0 Å². The average molecular weight is 313 g/mol. The SMILES string of the molecule is Cc1cc(=O)[nH]c(-c2cccc(OC(=O)c3cscn3)c2)n1. The molecule has 0 saturated heterocycles. The number of esters is 1. The van der Waals surface area contributed by atoms with Gasteiger partial charge in [-0.2, -0.15) is 0 Å². The molecule has 3 aromatic rings. The number of benzene rings is 1. The smallest absolute Gasteiger partial charge is 0.363 e. The molecule has 0 unspecified atom stereocenters. The number of hydrogen-bond acceptors (Lipinski definition) is 6. The predicted octanol–water partition coefficient (Wildman–Crippen LogP) is 2.42. The Labute approximate surface area is 129 Å². The highest BCUT2D eigenvalue weighted by atomic mass is 32.1. The third-order valence-corrected chi connectivity index (χ3v) is 3.42. The van der Waals surface area contributed by atoms with Crippen molar-refractivity contribution < 1.29 is 9.53 Å². The fraction of sp³-hybridized carbons (Fsp3) is 0.0667. The number of aromatic nitrogens is 3. The first-order chi connectivity index (χ1) is 10.6. The van der Waals surface area contributed by atoms with Crippen LogP contribution in [0, 0.1) is 6.92 Å². The lowest BCUT2D eigenvalue weighted by Gasteiger charge is -2.05. The van der Waals surface area contributed by atoms with E-state index < -0.39 is 5.97 Å². The predicted molar refractivity (Wildman–Crippen MR) is 82.1 cm³/mol. The number of nitrogens with one attached hydrogen (secondary N) is 1. The van der Waals surface area contributed by atoms with E-state index in [9.17, 15) is 9.59 Å². The van der Waals surface area contributed by atoms with E-state index in [1.54, 1.807) is 42.1 Å². The van der Waals surface area contributed by atoms with E-state index in [-0.39, 0.29) is 11.3 Å². The van der Waals surface area contributed by atoms with Crippen molar-refractivity contribution in [1.29, 1.82) is 0 Å². The number of carbonyl (C=O) groups excluding carboxylic acids is 1. The van der Waals surface area contributed by atoms with Gasteiger partial charge in [0.05, 0.1) is 5.51 Å². The monoisotopic (exact) mass is 313 g/mol. The van der Waals surface area contributed by atoms with E-state index in [0.717, 1.165) is 0 Å². The van der Waals surface area contributed by atoms with Crippen molar-refractivity contribution in [2.75, 3.05) is 0 Å². The van der Waals surface area contributed by atoms with Gasteiger partial charge in [-0.15, -0.1) is 11.3 Å². The molecule has 0 aliphatic heterocycles. The number of aromatic amines is 1. The second-order valence-electron chi connectivity index (χ2n) is 4.53. The number of aryl methyl sites for hydroxylation is 1. The zero-order valence-electron chi connectivity index (χ0n) is 11.6. The van der Waals surface area contributed by atoms with Gasteiger partial charge in [0.1, 0.15) is 11.6 Å². The molecule has 22 heavy (non-hydrogen) atoms. The Morgan fingerprint density at radius 1 is 1.32 bits per heavy atom. The standard InChI is InChI=1S/C15H11N3O3S/c1-9-5-13(19)18-14(17-9)10-3-2-4-11(6-10)21-15(20)12-7-22-8-16-12/h2-8H,1H3,(H,17,18,19). The number of hydrogen-bond donors (Lipinski definition) is 1. The Morgan fingerprint density at radius 3 is 2.91 bits per heavy atom. The van der Waals surface area contributed by atoms with Crippen LogP contribution in [0.25, 0.3) is 11.4 Å². The molecule has 2 aromatic heterocycles. The third-order valence-electron chi connectivity index (χ3n) is 2.83. The van der Waals surface area contributed by atoms with Crippen molar-refractivity contribution in [3.8, 4) is 17.1 Å². The summed E-state index contributed by atoms with van der Waals surface area (Å²) in [6, 6.07) is 8.21.